The number of hydrogen-bond donors (Lipinski definition) is 3. The van der Waals surface area contributed by atoms with E-state index < -0.39 is 0 Å². The minimum absolute atomic E-state index is 0.285. The van der Waals surface area contributed by atoms with Crippen LogP contribution in [0.3, 0.4) is 0 Å². The molecule has 5 nitrogen and oxygen atoms in total. The van der Waals surface area contributed by atoms with E-state index in [-0.39, 0.29) is 5.84 Å². The van der Waals surface area contributed by atoms with Crippen LogP contribution in [0.15, 0.2) is 5.16 Å². The molecule has 0 spiro atoms. The molecule has 0 aromatic rings. The van der Waals surface area contributed by atoms with Crippen LogP contribution in [0.4, 0.5) is 0 Å². The molecule has 1 aliphatic carbocycles. The number of hydrogen-bond acceptors (Lipinski definition) is 4. The molecule has 0 amide bonds. The molecule has 1 fully saturated rings. The minimum atomic E-state index is 0.285. The van der Waals surface area contributed by atoms with E-state index in [9.17, 15) is 0 Å². The molecule has 0 aromatic heterocycles. The highest BCUT2D eigenvalue weighted by Crippen LogP contribution is 2.24. The van der Waals surface area contributed by atoms with Crippen LogP contribution in [-0.2, 0) is 0 Å². The first-order valence-electron chi connectivity index (χ1n) is 5.11. The van der Waals surface area contributed by atoms with Crippen LogP contribution in [0.1, 0.15) is 19.3 Å². The molecular formula is C9H20N4O. The summed E-state index contributed by atoms with van der Waals surface area (Å²) >= 11 is 0. The number of nitrogens with zero attached hydrogens (tertiary/aromatic N) is 2. The summed E-state index contributed by atoms with van der Waals surface area (Å²) in [6, 6.07) is 0.820. The van der Waals surface area contributed by atoms with Gasteiger partial charge in [-0.2, -0.15) is 0 Å². The van der Waals surface area contributed by atoms with Gasteiger partial charge in [-0.25, -0.2) is 0 Å². The van der Waals surface area contributed by atoms with Gasteiger partial charge in [0.15, 0.2) is 0 Å². The first-order valence-corrected chi connectivity index (χ1v) is 5.11. The lowest BCUT2D eigenvalue weighted by molar-refractivity contribution is 0.315. The fraction of sp³-hybridized carbons (Fsp3) is 0.889. The van der Waals surface area contributed by atoms with Crippen molar-refractivity contribution in [1.29, 1.82) is 0 Å². The zero-order valence-corrected chi connectivity index (χ0v) is 8.74. The highest BCUT2D eigenvalue weighted by molar-refractivity contribution is 5.79. The third-order valence-electron chi connectivity index (χ3n) is 2.50. The van der Waals surface area contributed by atoms with E-state index in [0.29, 0.717) is 6.42 Å². The van der Waals surface area contributed by atoms with E-state index in [4.69, 9.17) is 10.9 Å². The molecule has 0 unspecified atom stereocenters. The molecule has 0 saturated heterocycles. The lowest BCUT2D eigenvalue weighted by Gasteiger charge is -2.15. The molecule has 5 heteroatoms. The lowest BCUT2D eigenvalue weighted by Crippen LogP contribution is -2.32. The Balaban J connectivity index is 1.88. The van der Waals surface area contributed by atoms with Crippen molar-refractivity contribution in [1.82, 2.24) is 10.2 Å². The Labute approximate surface area is 84.9 Å². The fourth-order valence-electron chi connectivity index (χ4n) is 1.34. The summed E-state index contributed by atoms with van der Waals surface area (Å²) in [6.07, 6.45) is 3.30. The number of likely N-dealkylation sites (N-methyl/N-ethyl adjacent to an activating group) is 1. The summed E-state index contributed by atoms with van der Waals surface area (Å²) in [7, 11) is 2.16. The van der Waals surface area contributed by atoms with E-state index in [1.807, 2.05) is 0 Å². The van der Waals surface area contributed by atoms with Gasteiger partial charge in [-0.1, -0.05) is 5.16 Å². The van der Waals surface area contributed by atoms with Crippen molar-refractivity contribution in [2.24, 2.45) is 10.9 Å². The first kappa shape index (κ1) is 11.3. The summed E-state index contributed by atoms with van der Waals surface area (Å²) in [5, 5.41) is 14.4. The topological polar surface area (TPSA) is 73.9 Å². The van der Waals surface area contributed by atoms with Crippen molar-refractivity contribution in [3.63, 3.8) is 0 Å². The number of nitrogens with two attached hydrogens (primary N) is 1. The van der Waals surface area contributed by atoms with Crippen molar-refractivity contribution >= 4 is 5.84 Å². The average molecular weight is 200 g/mol. The molecular weight excluding hydrogens is 180 g/mol. The molecule has 1 saturated carbocycles. The standard InChI is InChI=1S/C9H20N4O/c1-13(8-2-3-8)7-6-11-5-4-9(10)12-14/h8,11,14H,2-7H2,1H3,(H2,10,12). The highest BCUT2D eigenvalue weighted by Gasteiger charge is 2.25. The van der Waals surface area contributed by atoms with Gasteiger partial charge in [0.05, 0.1) is 0 Å². The minimum Gasteiger partial charge on any atom is -0.409 e. The van der Waals surface area contributed by atoms with Crippen molar-refractivity contribution in [3.8, 4) is 0 Å². The van der Waals surface area contributed by atoms with E-state index in [1.165, 1.54) is 12.8 Å². The van der Waals surface area contributed by atoms with Crippen LogP contribution in [0.2, 0.25) is 0 Å². The molecule has 0 aliphatic heterocycles. The number of rotatable bonds is 7. The Morgan fingerprint density at radius 1 is 1.57 bits per heavy atom. The maximum absolute atomic E-state index is 8.29. The second kappa shape index (κ2) is 5.82. The van der Waals surface area contributed by atoms with Gasteiger partial charge in [-0.3, -0.25) is 0 Å². The summed E-state index contributed by atoms with van der Waals surface area (Å²) in [5.74, 6) is 0.285. The van der Waals surface area contributed by atoms with Gasteiger partial charge in [0.2, 0.25) is 0 Å². The Bertz CT molecular complexity index is 191. The molecule has 0 bridgehead atoms. The number of oxime groups is 1. The Morgan fingerprint density at radius 2 is 2.29 bits per heavy atom. The fourth-order valence-corrected chi connectivity index (χ4v) is 1.34. The zero-order chi connectivity index (χ0) is 10.4. The van der Waals surface area contributed by atoms with Crippen LogP contribution >= 0.6 is 0 Å². The largest absolute Gasteiger partial charge is 0.409 e. The average Bonchev–Trinajstić information content (AvgIpc) is 2.99. The van der Waals surface area contributed by atoms with Gasteiger partial charge >= 0.3 is 0 Å². The molecule has 4 N–H and O–H groups in total. The third kappa shape index (κ3) is 4.43. The summed E-state index contributed by atoms with van der Waals surface area (Å²) in [6.45, 7) is 2.81. The molecule has 0 heterocycles. The molecule has 82 valence electrons. The molecule has 14 heavy (non-hydrogen) atoms. The van der Waals surface area contributed by atoms with Crippen LogP contribution in [0.25, 0.3) is 0 Å². The van der Waals surface area contributed by atoms with Crippen molar-refractivity contribution in [2.75, 3.05) is 26.7 Å². The first-order chi connectivity index (χ1) is 6.74. The van der Waals surface area contributed by atoms with Crippen molar-refractivity contribution in [2.45, 2.75) is 25.3 Å². The lowest BCUT2D eigenvalue weighted by atomic mass is 10.4. The maximum atomic E-state index is 8.29. The summed E-state index contributed by atoms with van der Waals surface area (Å²) in [4.78, 5) is 2.37. The van der Waals surface area contributed by atoms with Crippen LogP contribution in [-0.4, -0.2) is 48.7 Å². The van der Waals surface area contributed by atoms with Crippen LogP contribution < -0.4 is 11.1 Å². The summed E-state index contributed by atoms with van der Waals surface area (Å²) < 4.78 is 0. The van der Waals surface area contributed by atoms with E-state index in [1.54, 1.807) is 0 Å². The Kier molecular flexibility index (Phi) is 4.69. The van der Waals surface area contributed by atoms with Crippen molar-refractivity contribution < 1.29 is 5.21 Å². The SMILES string of the molecule is CN(CCNCCC(N)=NO)C1CC1. The van der Waals surface area contributed by atoms with Gasteiger partial charge in [-0.15, -0.1) is 0 Å². The normalized spacial score (nSPS) is 17.7. The third-order valence-corrected chi connectivity index (χ3v) is 2.50. The second-order valence-corrected chi connectivity index (χ2v) is 3.80. The van der Waals surface area contributed by atoms with Crippen molar-refractivity contribution in [3.05, 3.63) is 0 Å². The van der Waals surface area contributed by atoms with Gasteiger partial charge < -0.3 is 21.2 Å². The zero-order valence-electron chi connectivity index (χ0n) is 8.74. The van der Waals surface area contributed by atoms with Gasteiger partial charge in [0, 0.05) is 32.1 Å². The smallest absolute Gasteiger partial charge is 0.140 e. The number of nitrogens with one attached hydrogen (secondary N) is 1. The van der Waals surface area contributed by atoms with E-state index in [2.05, 4.69) is 22.4 Å². The highest BCUT2D eigenvalue weighted by atomic mass is 16.4. The predicted molar refractivity (Wildman–Crippen MR) is 56.5 cm³/mol. The Morgan fingerprint density at radius 3 is 2.86 bits per heavy atom. The Hall–Kier alpha value is -0.810. The van der Waals surface area contributed by atoms with Gasteiger partial charge in [0.25, 0.3) is 0 Å². The molecule has 1 aliphatic rings. The molecule has 1 rings (SSSR count). The van der Waals surface area contributed by atoms with Gasteiger partial charge in [-0.05, 0) is 19.9 Å². The molecule has 0 atom stereocenters. The molecule has 0 aromatic carbocycles. The van der Waals surface area contributed by atoms with E-state index in [0.717, 1.165) is 25.7 Å². The second-order valence-electron chi connectivity index (χ2n) is 3.80. The summed E-state index contributed by atoms with van der Waals surface area (Å²) in [5.41, 5.74) is 5.32. The molecule has 0 radical (unpaired) electrons. The monoisotopic (exact) mass is 200 g/mol. The maximum Gasteiger partial charge on any atom is 0.140 e. The van der Waals surface area contributed by atoms with Crippen LogP contribution in [0.5, 0.6) is 0 Å². The van der Waals surface area contributed by atoms with Crippen LogP contribution in [0, 0.1) is 0 Å². The number of amidine groups is 1. The quantitative estimate of drug-likeness (QED) is 0.175. The van der Waals surface area contributed by atoms with E-state index >= 15 is 0 Å². The predicted octanol–water partition coefficient (Wildman–Crippen LogP) is -0.193. The van der Waals surface area contributed by atoms with Gasteiger partial charge in [0.1, 0.15) is 5.84 Å².